The lowest BCUT2D eigenvalue weighted by molar-refractivity contribution is 0.154. The third-order valence-electron chi connectivity index (χ3n) is 4.36. The van der Waals surface area contributed by atoms with Gasteiger partial charge in [0.2, 0.25) is 0 Å². The summed E-state index contributed by atoms with van der Waals surface area (Å²) < 4.78 is 1.87. The number of hydrogen-bond acceptors (Lipinski definition) is 2. The van der Waals surface area contributed by atoms with Gasteiger partial charge in [-0.25, -0.2) is 0 Å². The van der Waals surface area contributed by atoms with E-state index in [1.807, 2.05) is 10.9 Å². The van der Waals surface area contributed by atoms with Crippen molar-refractivity contribution in [3.8, 4) is 0 Å². The fourth-order valence-corrected chi connectivity index (χ4v) is 3.23. The van der Waals surface area contributed by atoms with Gasteiger partial charge in [-0.15, -0.1) is 0 Å². The number of aryl methyl sites for hydroxylation is 2. The highest BCUT2D eigenvalue weighted by Gasteiger charge is 2.23. The SMILES string of the molecule is CCn1cc(C(O)CC2CCCc3ccccc32)cn1. The van der Waals surface area contributed by atoms with Crippen LogP contribution in [0.1, 0.15) is 54.9 Å². The van der Waals surface area contributed by atoms with Gasteiger partial charge < -0.3 is 5.11 Å². The summed E-state index contributed by atoms with van der Waals surface area (Å²) in [5.41, 5.74) is 3.83. The summed E-state index contributed by atoms with van der Waals surface area (Å²) in [5, 5.41) is 14.7. The number of fused-ring (bicyclic) bond motifs is 1. The number of hydrogen-bond donors (Lipinski definition) is 1. The summed E-state index contributed by atoms with van der Waals surface area (Å²) in [5.74, 6) is 0.472. The Hall–Kier alpha value is -1.61. The van der Waals surface area contributed by atoms with Crippen LogP contribution in [-0.2, 0) is 13.0 Å². The molecule has 0 saturated heterocycles. The topological polar surface area (TPSA) is 38.0 Å². The van der Waals surface area contributed by atoms with Gasteiger partial charge in [0.15, 0.2) is 0 Å². The highest BCUT2D eigenvalue weighted by atomic mass is 16.3. The molecule has 3 nitrogen and oxygen atoms in total. The van der Waals surface area contributed by atoms with Gasteiger partial charge in [0, 0.05) is 18.3 Å². The molecule has 3 heteroatoms. The summed E-state index contributed by atoms with van der Waals surface area (Å²) in [7, 11) is 0. The van der Waals surface area contributed by atoms with E-state index in [0.717, 1.165) is 18.5 Å². The van der Waals surface area contributed by atoms with E-state index in [4.69, 9.17) is 0 Å². The summed E-state index contributed by atoms with van der Waals surface area (Å²) in [6.45, 7) is 2.90. The minimum atomic E-state index is -0.411. The number of rotatable bonds is 4. The molecule has 1 aromatic heterocycles. The molecule has 20 heavy (non-hydrogen) atoms. The van der Waals surface area contributed by atoms with Crippen molar-refractivity contribution in [1.29, 1.82) is 0 Å². The molecular formula is C17H22N2O. The zero-order valence-corrected chi connectivity index (χ0v) is 12.0. The first-order chi connectivity index (χ1) is 9.78. The Morgan fingerprint density at radius 1 is 1.40 bits per heavy atom. The minimum absolute atomic E-state index is 0.411. The van der Waals surface area contributed by atoms with Gasteiger partial charge in [-0.1, -0.05) is 24.3 Å². The Bertz CT molecular complexity index is 576. The zero-order chi connectivity index (χ0) is 13.9. The van der Waals surface area contributed by atoms with Crippen molar-refractivity contribution in [2.45, 2.75) is 51.2 Å². The standard InChI is InChI=1S/C17H22N2O/c1-2-19-12-15(11-18-19)17(20)10-14-8-5-7-13-6-3-4-9-16(13)14/h3-4,6,9,11-12,14,17,20H,2,5,7-8,10H2,1H3. The van der Waals surface area contributed by atoms with Crippen molar-refractivity contribution in [2.75, 3.05) is 0 Å². The van der Waals surface area contributed by atoms with Crippen LogP contribution in [0.25, 0.3) is 0 Å². The fourth-order valence-electron chi connectivity index (χ4n) is 3.23. The van der Waals surface area contributed by atoms with Crippen LogP contribution in [0.2, 0.25) is 0 Å². The van der Waals surface area contributed by atoms with Gasteiger partial charge in [0.25, 0.3) is 0 Å². The predicted octanol–water partition coefficient (Wildman–Crippen LogP) is 3.45. The molecule has 1 aliphatic rings. The molecule has 0 radical (unpaired) electrons. The number of aliphatic hydroxyl groups is 1. The van der Waals surface area contributed by atoms with Gasteiger partial charge in [-0.05, 0) is 49.7 Å². The Morgan fingerprint density at radius 2 is 2.25 bits per heavy atom. The molecule has 1 heterocycles. The third-order valence-corrected chi connectivity index (χ3v) is 4.36. The van der Waals surface area contributed by atoms with Crippen LogP contribution >= 0.6 is 0 Å². The van der Waals surface area contributed by atoms with Gasteiger partial charge in [-0.3, -0.25) is 4.68 Å². The molecule has 1 N–H and O–H groups in total. The van der Waals surface area contributed by atoms with E-state index >= 15 is 0 Å². The van der Waals surface area contributed by atoms with Crippen LogP contribution in [0.3, 0.4) is 0 Å². The molecule has 1 aliphatic carbocycles. The maximum Gasteiger partial charge on any atom is 0.0826 e. The van der Waals surface area contributed by atoms with Crippen molar-refractivity contribution < 1.29 is 5.11 Å². The summed E-state index contributed by atoms with van der Waals surface area (Å²) in [6.07, 6.45) is 7.72. The molecule has 2 atom stereocenters. The molecule has 0 bridgehead atoms. The van der Waals surface area contributed by atoms with Crippen LogP contribution in [0.4, 0.5) is 0 Å². The van der Waals surface area contributed by atoms with Crippen molar-refractivity contribution >= 4 is 0 Å². The molecule has 0 amide bonds. The molecule has 2 unspecified atom stereocenters. The number of benzene rings is 1. The predicted molar refractivity (Wildman–Crippen MR) is 79.6 cm³/mol. The molecule has 1 aromatic carbocycles. The van der Waals surface area contributed by atoms with Crippen LogP contribution in [0.5, 0.6) is 0 Å². The molecule has 0 saturated carbocycles. The Morgan fingerprint density at radius 3 is 3.05 bits per heavy atom. The molecule has 0 spiro atoms. The van der Waals surface area contributed by atoms with Gasteiger partial charge in [0.1, 0.15) is 0 Å². The van der Waals surface area contributed by atoms with Crippen LogP contribution < -0.4 is 0 Å². The molecule has 0 fully saturated rings. The molecule has 3 rings (SSSR count). The van der Waals surface area contributed by atoms with E-state index in [1.54, 1.807) is 6.20 Å². The monoisotopic (exact) mass is 270 g/mol. The van der Waals surface area contributed by atoms with E-state index in [1.165, 1.54) is 30.4 Å². The van der Waals surface area contributed by atoms with Crippen molar-refractivity contribution in [3.05, 3.63) is 53.3 Å². The highest BCUT2D eigenvalue weighted by Crippen LogP contribution is 2.37. The highest BCUT2D eigenvalue weighted by molar-refractivity contribution is 5.32. The molecule has 0 aliphatic heterocycles. The Balaban J connectivity index is 1.75. The Labute approximate surface area is 120 Å². The summed E-state index contributed by atoms with van der Waals surface area (Å²) in [6, 6.07) is 8.67. The number of aliphatic hydroxyl groups excluding tert-OH is 1. The van der Waals surface area contributed by atoms with E-state index in [2.05, 4.69) is 36.3 Å². The van der Waals surface area contributed by atoms with E-state index in [0.29, 0.717) is 5.92 Å². The zero-order valence-electron chi connectivity index (χ0n) is 12.0. The molecule has 106 valence electrons. The maximum atomic E-state index is 10.5. The smallest absolute Gasteiger partial charge is 0.0826 e. The normalized spacial score (nSPS) is 19.6. The van der Waals surface area contributed by atoms with Gasteiger partial charge >= 0.3 is 0 Å². The summed E-state index contributed by atoms with van der Waals surface area (Å²) in [4.78, 5) is 0. The fraction of sp³-hybridized carbons (Fsp3) is 0.471. The second kappa shape index (κ2) is 5.80. The second-order valence-corrected chi connectivity index (χ2v) is 5.67. The van der Waals surface area contributed by atoms with Crippen molar-refractivity contribution in [3.63, 3.8) is 0 Å². The first kappa shape index (κ1) is 13.4. The first-order valence-corrected chi connectivity index (χ1v) is 7.56. The number of nitrogens with zero attached hydrogens (tertiary/aromatic N) is 2. The number of aromatic nitrogens is 2. The van der Waals surface area contributed by atoms with E-state index < -0.39 is 6.10 Å². The van der Waals surface area contributed by atoms with E-state index in [-0.39, 0.29) is 0 Å². The third kappa shape index (κ3) is 2.63. The lowest BCUT2D eigenvalue weighted by Gasteiger charge is -2.27. The molecular weight excluding hydrogens is 248 g/mol. The van der Waals surface area contributed by atoms with Gasteiger partial charge in [-0.2, -0.15) is 5.10 Å². The summed E-state index contributed by atoms with van der Waals surface area (Å²) >= 11 is 0. The van der Waals surface area contributed by atoms with Crippen molar-refractivity contribution in [1.82, 2.24) is 9.78 Å². The largest absolute Gasteiger partial charge is 0.388 e. The van der Waals surface area contributed by atoms with Gasteiger partial charge in [0.05, 0.1) is 12.3 Å². The Kier molecular flexibility index (Phi) is 3.88. The van der Waals surface area contributed by atoms with Crippen LogP contribution in [0.15, 0.2) is 36.7 Å². The van der Waals surface area contributed by atoms with E-state index in [9.17, 15) is 5.11 Å². The minimum Gasteiger partial charge on any atom is -0.388 e. The lowest BCUT2D eigenvalue weighted by Crippen LogP contribution is -2.13. The quantitative estimate of drug-likeness (QED) is 0.924. The average Bonchev–Trinajstić information content (AvgIpc) is 2.97. The molecule has 2 aromatic rings. The van der Waals surface area contributed by atoms with Crippen LogP contribution in [-0.4, -0.2) is 14.9 Å². The first-order valence-electron chi connectivity index (χ1n) is 7.56. The average molecular weight is 270 g/mol. The van der Waals surface area contributed by atoms with Crippen molar-refractivity contribution in [2.24, 2.45) is 0 Å². The maximum absolute atomic E-state index is 10.5. The lowest BCUT2D eigenvalue weighted by atomic mass is 9.79. The van der Waals surface area contributed by atoms with Crippen LogP contribution in [0, 0.1) is 0 Å². The second-order valence-electron chi connectivity index (χ2n) is 5.67.